The number of halogens is 1. The standard InChI is InChI=1S/C17H19FN4O3/c1-10-7-13(22(3)20-10)19-17(24)16-15(21(2)14(23)9-25-16)11-5-4-6-12(18)8-11/h4-8,15-16H,9H2,1-3H3,(H,19,24)/t15-,16-/m0/s1. The van der Waals surface area contributed by atoms with Crippen molar-refractivity contribution in [3.63, 3.8) is 0 Å². The number of likely N-dealkylation sites (N-methyl/N-ethyl adjacent to an activating group) is 1. The number of nitrogens with one attached hydrogen (secondary N) is 1. The zero-order chi connectivity index (χ0) is 18.1. The number of morpholine rings is 1. The van der Waals surface area contributed by atoms with Crippen molar-refractivity contribution < 1.29 is 18.7 Å². The maximum Gasteiger partial charge on any atom is 0.257 e. The Morgan fingerprint density at radius 2 is 2.12 bits per heavy atom. The topological polar surface area (TPSA) is 76.5 Å². The normalized spacial score (nSPS) is 20.6. The summed E-state index contributed by atoms with van der Waals surface area (Å²) in [4.78, 5) is 26.2. The summed E-state index contributed by atoms with van der Waals surface area (Å²) in [6.45, 7) is 1.61. The van der Waals surface area contributed by atoms with Crippen LogP contribution in [0, 0.1) is 12.7 Å². The van der Waals surface area contributed by atoms with Gasteiger partial charge in [0.25, 0.3) is 5.91 Å². The van der Waals surface area contributed by atoms with E-state index in [1.165, 1.54) is 23.1 Å². The first-order valence-electron chi connectivity index (χ1n) is 7.81. The van der Waals surface area contributed by atoms with E-state index in [-0.39, 0.29) is 12.5 Å². The molecule has 7 nitrogen and oxygen atoms in total. The van der Waals surface area contributed by atoms with Gasteiger partial charge in [-0.15, -0.1) is 0 Å². The van der Waals surface area contributed by atoms with Crippen LogP contribution in [0.4, 0.5) is 10.2 Å². The van der Waals surface area contributed by atoms with Crippen molar-refractivity contribution in [2.45, 2.75) is 19.1 Å². The number of carbonyl (C=O) groups excluding carboxylic acids is 2. The summed E-state index contributed by atoms with van der Waals surface area (Å²) in [5.74, 6) is -0.611. The minimum Gasteiger partial charge on any atom is -0.356 e. The molecule has 25 heavy (non-hydrogen) atoms. The smallest absolute Gasteiger partial charge is 0.257 e. The molecule has 2 atom stereocenters. The van der Waals surface area contributed by atoms with E-state index in [2.05, 4.69) is 10.4 Å². The summed E-state index contributed by atoms with van der Waals surface area (Å²) in [5.41, 5.74) is 1.26. The highest BCUT2D eigenvalue weighted by molar-refractivity contribution is 5.95. The first kappa shape index (κ1) is 17.1. The van der Waals surface area contributed by atoms with Gasteiger partial charge in [-0.3, -0.25) is 14.3 Å². The second-order valence-corrected chi connectivity index (χ2v) is 6.02. The van der Waals surface area contributed by atoms with E-state index >= 15 is 0 Å². The molecule has 0 unspecified atom stereocenters. The largest absolute Gasteiger partial charge is 0.356 e. The zero-order valence-corrected chi connectivity index (χ0v) is 14.2. The van der Waals surface area contributed by atoms with E-state index in [0.717, 1.165) is 5.69 Å². The minimum absolute atomic E-state index is 0.204. The van der Waals surface area contributed by atoms with Crippen LogP contribution < -0.4 is 5.32 Å². The fourth-order valence-corrected chi connectivity index (χ4v) is 2.95. The Balaban J connectivity index is 1.90. The molecular weight excluding hydrogens is 327 g/mol. The second kappa shape index (κ2) is 6.64. The van der Waals surface area contributed by atoms with Gasteiger partial charge in [-0.2, -0.15) is 5.10 Å². The van der Waals surface area contributed by atoms with Crippen molar-refractivity contribution in [1.29, 1.82) is 0 Å². The third-order valence-corrected chi connectivity index (χ3v) is 4.19. The summed E-state index contributed by atoms with van der Waals surface area (Å²) in [6, 6.07) is 6.83. The van der Waals surface area contributed by atoms with Gasteiger partial charge < -0.3 is 15.0 Å². The molecule has 0 radical (unpaired) electrons. The number of amides is 2. The van der Waals surface area contributed by atoms with E-state index in [1.54, 1.807) is 30.9 Å². The van der Waals surface area contributed by atoms with Gasteiger partial charge in [-0.25, -0.2) is 4.39 Å². The van der Waals surface area contributed by atoms with Crippen molar-refractivity contribution >= 4 is 17.6 Å². The van der Waals surface area contributed by atoms with Crippen molar-refractivity contribution in [3.8, 4) is 0 Å². The number of hydrogen-bond donors (Lipinski definition) is 1. The molecule has 0 spiro atoms. The lowest BCUT2D eigenvalue weighted by atomic mass is 9.97. The summed E-state index contributed by atoms with van der Waals surface area (Å²) in [7, 11) is 3.29. The molecule has 1 aromatic carbocycles. The van der Waals surface area contributed by atoms with E-state index in [0.29, 0.717) is 11.4 Å². The molecule has 0 bridgehead atoms. The first-order valence-corrected chi connectivity index (χ1v) is 7.81. The molecule has 1 saturated heterocycles. The fraction of sp³-hybridized carbons (Fsp3) is 0.353. The van der Waals surface area contributed by atoms with Gasteiger partial charge in [0.05, 0.1) is 11.7 Å². The molecule has 132 valence electrons. The number of benzene rings is 1. The van der Waals surface area contributed by atoms with Crippen molar-refractivity contribution in [2.75, 3.05) is 19.0 Å². The Morgan fingerprint density at radius 1 is 1.36 bits per heavy atom. The van der Waals surface area contributed by atoms with Crippen LogP contribution in [0.15, 0.2) is 30.3 Å². The molecule has 8 heteroatoms. The number of hydrogen-bond acceptors (Lipinski definition) is 4. The van der Waals surface area contributed by atoms with Crippen LogP contribution in [-0.2, 0) is 21.4 Å². The molecule has 3 rings (SSSR count). The number of nitrogens with zero attached hydrogens (tertiary/aromatic N) is 3. The number of anilines is 1. The zero-order valence-electron chi connectivity index (χ0n) is 14.2. The summed E-state index contributed by atoms with van der Waals surface area (Å²) < 4.78 is 20.7. The Labute approximate surface area is 144 Å². The average molecular weight is 346 g/mol. The molecule has 1 fully saturated rings. The monoisotopic (exact) mass is 346 g/mol. The van der Waals surface area contributed by atoms with Crippen LogP contribution in [0.5, 0.6) is 0 Å². The predicted octanol–water partition coefficient (Wildman–Crippen LogP) is 1.40. The summed E-state index contributed by atoms with van der Waals surface area (Å²) in [6.07, 6.45) is -0.959. The van der Waals surface area contributed by atoms with Gasteiger partial charge in [-0.05, 0) is 24.6 Å². The molecule has 1 aliphatic heterocycles. The molecule has 2 heterocycles. The van der Waals surface area contributed by atoms with Gasteiger partial charge >= 0.3 is 0 Å². The van der Waals surface area contributed by atoms with Crippen LogP contribution in [-0.4, -0.2) is 46.3 Å². The van der Waals surface area contributed by atoms with Gasteiger partial charge in [0.2, 0.25) is 5.91 Å². The number of carbonyl (C=O) groups is 2. The van der Waals surface area contributed by atoms with Gasteiger partial charge in [0.15, 0.2) is 6.10 Å². The highest BCUT2D eigenvalue weighted by atomic mass is 19.1. The molecule has 0 aliphatic carbocycles. The molecule has 2 aromatic rings. The van der Waals surface area contributed by atoms with Crippen LogP contribution in [0.2, 0.25) is 0 Å². The maximum atomic E-state index is 13.6. The first-order chi connectivity index (χ1) is 11.9. The highest BCUT2D eigenvalue weighted by Crippen LogP contribution is 2.30. The van der Waals surface area contributed by atoms with E-state index < -0.39 is 23.9 Å². The molecule has 0 saturated carbocycles. The van der Waals surface area contributed by atoms with E-state index in [1.807, 2.05) is 6.92 Å². The molecular formula is C17H19FN4O3. The van der Waals surface area contributed by atoms with Crippen LogP contribution in [0.25, 0.3) is 0 Å². The second-order valence-electron chi connectivity index (χ2n) is 6.02. The number of aromatic nitrogens is 2. The van der Waals surface area contributed by atoms with Gasteiger partial charge in [0.1, 0.15) is 18.2 Å². The third kappa shape index (κ3) is 3.39. The lowest BCUT2D eigenvalue weighted by Gasteiger charge is -2.38. The Bertz CT molecular complexity index is 820. The number of aryl methyl sites for hydroxylation is 2. The molecule has 2 amide bonds. The van der Waals surface area contributed by atoms with Crippen molar-refractivity contribution in [3.05, 3.63) is 47.4 Å². The lowest BCUT2D eigenvalue weighted by Crippen LogP contribution is -2.51. The van der Waals surface area contributed by atoms with E-state index in [4.69, 9.17) is 4.74 Å². The Hall–Kier alpha value is -2.74. The van der Waals surface area contributed by atoms with Crippen LogP contribution >= 0.6 is 0 Å². The van der Waals surface area contributed by atoms with Crippen molar-refractivity contribution in [1.82, 2.24) is 14.7 Å². The average Bonchev–Trinajstić information content (AvgIpc) is 2.87. The Morgan fingerprint density at radius 3 is 2.76 bits per heavy atom. The fourth-order valence-electron chi connectivity index (χ4n) is 2.95. The minimum atomic E-state index is -0.959. The number of rotatable bonds is 3. The van der Waals surface area contributed by atoms with Crippen LogP contribution in [0.3, 0.4) is 0 Å². The summed E-state index contributed by atoms with van der Waals surface area (Å²) in [5, 5.41) is 6.93. The SMILES string of the molecule is Cc1cc(NC(=O)[C@H]2OCC(=O)N(C)[C@H]2c2cccc(F)c2)n(C)n1. The quantitative estimate of drug-likeness (QED) is 0.912. The maximum absolute atomic E-state index is 13.6. The third-order valence-electron chi connectivity index (χ3n) is 4.19. The van der Waals surface area contributed by atoms with Crippen LogP contribution in [0.1, 0.15) is 17.3 Å². The molecule has 1 aromatic heterocycles. The van der Waals surface area contributed by atoms with Crippen molar-refractivity contribution in [2.24, 2.45) is 7.05 Å². The van der Waals surface area contributed by atoms with Gasteiger partial charge in [0, 0.05) is 20.2 Å². The summed E-state index contributed by atoms with van der Waals surface area (Å²) >= 11 is 0. The molecule has 1 aliphatic rings. The molecule has 1 N–H and O–H groups in total. The van der Waals surface area contributed by atoms with E-state index in [9.17, 15) is 14.0 Å². The predicted molar refractivity (Wildman–Crippen MR) is 88.2 cm³/mol. The number of ether oxygens (including phenoxy) is 1. The lowest BCUT2D eigenvalue weighted by molar-refractivity contribution is -0.160. The Kier molecular flexibility index (Phi) is 4.54. The highest BCUT2D eigenvalue weighted by Gasteiger charge is 2.40. The van der Waals surface area contributed by atoms with Gasteiger partial charge in [-0.1, -0.05) is 12.1 Å².